The maximum absolute atomic E-state index is 13.9. The molecule has 1 aliphatic rings. The number of nitrogen functional groups attached to an aromatic ring is 1. The van der Waals surface area contributed by atoms with E-state index in [9.17, 15) is 9.50 Å². The van der Waals surface area contributed by atoms with Crippen molar-refractivity contribution in [3.63, 3.8) is 0 Å². The predicted molar refractivity (Wildman–Crippen MR) is 129 cm³/mol. The highest BCUT2D eigenvalue weighted by atomic mass is 19.1. The molecule has 10 heteroatoms. The summed E-state index contributed by atoms with van der Waals surface area (Å²) in [5.41, 5.74) is 6.41. The van der Waals surface area contributed by atoms with Gasteiger partial charge in [-0.15, -0.1) is 6.42 Å². The lowest BCUT2D eigenvalue weighted by Crippen LogP contribution is -2.47. The van der Waals surface area contributed by atoms with Gasteiger partial charge in [-0.2, -0.15) is 14.4 Å². The Morgan fingerprint density at radius 3 is 2.42 bits per heavy atom. The fraction of sp³-hybridized carbons (Fsp3) is 0.269. The summed E-state index contributed by atoms with van der Waals surface area (Å²) in [6.07, 6.45) is 2.94. The Hall–Kier alpha value is -3.88. The third-order valence-corrected chi connectivity index (χ3v) is 6.03. The van der Waals surface area contributed by atoms with E-state index in [1.807, 2.05) is 60.7 Å². The second kappa shape index (κ2) is 10.0. The van der Waals surface area contributed by atoms with Crippen molar-refractivity contribution in [2.24, 2.45) is 0 Å². The molecule has 0 unspecified atom stereocenters. The number of hydrogen-bond acceptors (Lipinski definition) is 8. The number of nitrogens with zero attached hydrogens (tertiary/aromatic N) is 4. The van der Waals surface area contributed by atoms with Gasteiger partial charge in [0.2, 0.25) is 0 Å². The first-order chi connectivity index (χ1) is 17.5. The fourth-order valence-corrected chi connectivity index (χ4v) is 4.26. The maximum atomic E-state index is 13.9. The van der Waals surface area contributed by atoms with Crippen molar-refractivity contribution >= 4 is 17.0 Å². The number of hydrogen-bond donors (Lipinski definition) is 2. The van der Waals surface area contributed by atoms with Crippen molar-refractivity contribution in [1.29, 1.82) is 0 Å². The molecule has 2 aromatic carbocycles. The van der Waals surface area contributed by atoms with Crippen LogP contribution < -0.4 is 5.73 Å². The van der Waals surface area contributed by atoms with Gasteiger partial charge in [-0.3, -0.25) is 4.57 Å². The highest BCUT2D eigenvalue weighted by Crippen LogP contribution is 2.41. The first-order valence-electron chi connectivity index (χ1n) is 11.3. The van der Waals surface area contributed by atoms with E-state index in [-0.39, 0.29) is 36.8 Å². The van der Waals surface area contributed by atoms with E-state index in [4.69, 9.17) is 26.4 Å². The molecule has 0 bridgehead atoms. The monoisotopic (exact) mass is 489 g/mol. The van der Waals surface area contributed by atoms with Crippen molar-refractivity contribution in [2.75, 3.05) is 12.3 Å². The van der Waals surface area contributed by atoms with E-state index in [1.165, 1.54) is 10.9 Å². The molecule has 0 saturated carbocycles. The molecule has 1 aliphatic heterocycles. The lowest BCUT2D eigenvalue weighted by atomic mass is 9.96. The molecule has 1 saturated heterocycles. The third kappa shape index (κ3) is 4.53. The van der Waals surface area contributed by atoms with Crippen molar-refractivity contribution in [3.05, 3.63) is 84.2 Å². The van der Waals surface area contributed by atoms with Crippen LogP contribution >= 0.6 is 0 Å². The van der Waals surface area contributed by atoms with Gasteiger partial charge in [-0.25, -0.2) is 4.98 Å². The van der Waals surface area contributed by atoms with Crippen LogP contribution in [0.3, 0.4) is 0 Å². The van der Waals surface area contributed by atoms with Gasteiger partial charge >= 0.3 is 6.08 Å². The fourth-order valence-electron chi connectivity index (χ4n) is 4.26. The molecule has 0 amide bonds. The third-order valence-electron chi connectivity index (χ3n) is 6.03. The average Bonchev–Trinajstić information content (AvgIpc) is 3.43. The summed E-state index contributed by atoms with van der Waals surface area (Å²) in [6, 6.07) is 19.0. The largest absolute Gasteiger partial charge is 0.386 e. The van der Waals surface area contributed by atoms with Crippen molar-refractivity contribution < 1.29 is 23.7 Å². The Morgan fingerprint density at radius 1 is 1.08 bits per heavy atom. The average molecular weight is 490 g/mol. The number of aromatic nitrogens is 4. The minimum Gasteiger partial charge on any atom is -0.386 e. The number of ether oxygens (including phenoxy) is 3. The first-order valence-corrected chi connectivity index (χ1v) is 11.3. The van der Waals surface area contributed by atoms with Crippen LogP contribution in [0.2, 0.25) is 0 Å². The van der Waals surface area contributed by atoms with Crippen LogP contribution in [0, 0.1) is 18.4 Å². The first kappa shape index (κ1) is 23.8. The molecule has 4 aromatic rings. The van der Waals surface area contributed by atoms with Gasteiger partial charge in [0, 0.05) is 0 Å². The van der Waals surface area contributed by atoms with Crippen molar-refractivity contribution in [1.82, 2.24) is 19.5 Å². The van der Waals surface area contributed by atoms with Crippen LogP contribution in [0.5, 0.6) is 0 Å². The zero-order valence-electron chi connectivity index (χ0n) is 19.2. The molecule has 0 radical (unpaired) electrons. The smallest absolute Gasteiger partial charge is 0.312 e. The summed E-state index contributed by atoms with van der Waals surface area (Å²) in [6.45, 7) is 0.390. The Balaban J connectivity index is 1.45. The normalized spacial score (nSPS) is 23.6. The molecule has 3 heterocycles. The Labute approximate surface area is 206 Å². The van der Waals surface area contributed by atoms with Crippen LogP contribution in [0.1, 0.15) is 17.4 Å². The quantitative estimate of drug-likeness (QED) is 0.287. The van der Waals surface area contributed by atoms with E-state index in [0.29, 0.717) is 0 Å². The minimum atomic E-state index is -1.46. The number of rotatable bonds is 8. The number of anilines is 1. The number of imidazole rings is 1. The van der Waals surface area contributed by atoms with Gasteiger partial charge in [0.1, 0.15) is 12.2 Å². The van der Waals surface area contributed by atoms with Crippen molar-refractivity contribution in [2.45, 2.75) is 37.3 Å². The summed E-state index contributed by atoms with van der Waals surface area (Å²) in [4.78, 5) is 11.5. The number of fused-ring (bicyclic) bond motifs is 1. The second-order valence-corrected chi connectivity index (χ2v) is 8.43. The van der Waals surface area contributed by atoms with E-state index < -0.39 is 30.1 Å². The van der Waals surface area contributed by atoms with Gasteiger partial charge in [-0.05, 0) is 11.1 Å². The number of halogens is 1. The lowest BCUT2D eigenvalue weighted by molar-refractivity contribution is -0.123. The number of aliphatic hydroxyl groups is 1. The van der Waals surface area contributed by atoms with E-state index >= 15 is 0 Å². The highest BCUT2D eigenvalue weighted by molar-refractivity contribution is 5.81. The molecule has 2 aromatic heterocycles. The van der Waals surface area contributed by atoms with Crippen LogP contribution in [0.15, 0.2) is 67.0 Å². The summed E-state index contributed by atoms with van der Waals surface area (Å²) in [5.74, 6) is 2.52. The molecule has 36 heavy (non-hydrogen) atoms. The zero-order chi connectivity index (χ0) is 25.1. The number of terminal acetylenes is 1. The summed E-state index contributed by atoms with van der Waals surface area (Å²) in [5, 5.41) is 11.4. The molecular weight excluding hydrogens is 465 g/mol. The Morgan fingerprint density at radius 2 is 1.75 bits per heavy atom. The molecule has 4 atom stereocenters. The summed E-state index contributed by atoms with van der Waals surface area (Å²) in [7, 11) is 0. The minimum absolute atomic E-state index is 0.0592. The van der Waals surface area contributed by atoms with Gasteiger partial charge < -0.3 is 25.1 Å². The van der Waals surface area contributed by atoms with Crippen LogP contribution in [0.4, 0.5) is 10.2 Å². The Bertz CT molecular complexity index is 1380. The maximum Gasteiger partial charge on any atom is 0.312 e. The zero-order valence-corrected chi connectivity index (χ0v) is 19.2. The molecule has 5 rings (SSSR count). The van der Waals surface area contributed by atoms with Crippen LogP contribution in [0.25, 0.3) is 11.2 Å². The number of benzene rings is 2. The summed E-state index contributed by atoms with van der Waals surface area (Å²) < 4.78 is 33.6. The molecule has 184 valence electrons. The number of aliphatic hydroxyl groups excluding tert-OH is 1. The van der Waals surface area contributed by atoms with Crippen LogP contribution in [-0.4, -0.2) is 49.0 Å². The predicted octanol–water partition coefficient (Wildman–Crippen LogP) is 2.61. The highest BCUT2D eigenvalue weighted by Gasteiger charge is 2.56. The molecule has 0 spiro atoms. The Kier molecular flexibility index (Phi) is 6.63. The second-order valence-electron chi connectivity index (χ2n) is 8.43. The summed E-state index contributed by atoms with van der Waals surface area (Å²) >= 11 is 0. The SMILES string of the molecule is C#C[C@]1(COCc2ccccc2)O[C@@H](n2cnc3c(N)nc(F)nc32)[C@H](O)[C@@H]1OCc1ccccc1. The van der Waals surface area contributed by atoms with Crippen LogP contribution in [-0.2, 0) is 27.4 Å². The lowest BCUT2D eigenvalue weighted by Gasteiger charge is -2.29. The van der Waals surface area contributed by atoms with E-state index in [1.54, 1.807) is 0 Å². The van der Waals surface area contributed by atoms with Gasteiger partial charge in [0.05, 0.1) is 26.1 Å². The standard InChI is InChI=1S/C26H24FN5O4/c1-2-26(15-34-13-17-9-5-3-6-10-17)21(35-14-18-11-7-4-8-12-18)20(33)24(36-26)32-16-29-19-22(28)30-25(27)31-23(19)32/h1,3-12,16,20-21,24,33H,13-15H2,(H2,28,30,31)/t20-,21+,24-,26-/m1/s1. The topological polar surface area (TPSA) is 118 Å². The molecular formula is C26H24FN5O4. The van der Waals surface area contributed by atoms with Gasteiger partial charge in [0.15, 0.2) is 28.8 Å². The molecule has 9 nitrogen and oxygen atoms in total. The molecule has 0 aliphatic carbocycles. The van der Waals surface area contributed by atoms with Gasteiger partial charge in [0.25, 0.3) is 0 Å². The van der Waals surface area contributed by atoms with Crippen molar-refractivity contribution in [3.8, 4) is 12.3 Å². The molecule has 3 N–H and O–H groups in total. The van der Waals surface area contributed by atoms with E-state index in [0.717, 1.165) is 11.1 Å². The van der Waals surface area contributed by atoms with Gasteiger partial charge in [-0.1, -0.05) is 66.6 Å². The number of nitrogens with two attached hydrogens (primary N) is 1. The molecule has 1 fully saturated rings. The van der Waals surface area contributed by atoms with E-state index in [2.05, 4.69) is 20.9 Å².